The molecule has 0 N–H and O–H groups in total. The van der Waals surface area contributed by atoms with Crippen molar-refractivity contribution >= 4 is 34.7 Å². The molecule has 0 amide bonds. The fourth-order valence-electron chi connectivity index (χ4n) is 1.92. The van der Waals surface area contributed by atoms with Gasteiger partial charge >= 0.3 is 0 Å². The standard InChI is InChI=1S/C15H12ClN3S2/c1-9-13(12-7-8-17-15(19-12)20-2)21-14(18-9)10-3-5-11(16)6-4-10/h3-8H,1-2H3. The molecule has 3 rings (SSSR count). The average Bonchev–Trinajstić information content (AvgIpc) is 2.90. The predicted molar refractivity (Wildman–Crippen MR) is 90.1 cm³/mol. The summed E-state index contributed by atoms with van der Waals surface area (Å²) in [6.45, 7) is 2.01. The summed E-state index contributed by atoms with van der Waals surface area (Å²) in [5, 5.41) is 2.48. The highest BCUT2D eigenvalue weighted by Crippen LogP contribution is 2.34. The molecule has 0 saturated carbocycles. The summed E-state index contributed by atoms with van der Waals surface area (Å²) in [5.74, 6) is 0. The van der Waals surface area contributed by atoms with Crippen LogP contribution in [0.15, 0.2) is 41.7 Å². The molecule has 0 aliphatic rings. The number of thiazole rings is 1. The number of halogens is 1. The Hall–Kier alpha value is -1.43. The normalized spacial score (nSPS) is 10.8. The van der Waals surface area contributed by atoms with Gasteiger partial charge in [-0.1, -0.05) is 35.5 Å². The summed E-state index contributed by atoms with van der Waals surface area (Å²) in [6, 6.07) is 9.65. The van der Waals surface area contributed by atoms with Gasteiger partial charge in [-0.15, -0.1) is 11.3 Å². The van der Waals surface area contributed by atoms with Gasteiger partial charge in [-0.25, -0.2) is 15.0 Å². The zero-order valence-corrected chi connectivity index (χ0v) is 13.9. The highest BCUT2D eigenvalue weighted by Gasteiger charge is 2.13. The van der Waals surface area contributed by atoms with Crippen LogP contribution in [0.3, 0.4) is 0 Å². The van der Waals surface area contributed by atoms with Crippen LogP contribution in [0.2, 0.25) is 5.02 Å². The van der Waals surface area contributed by atoms with Crippen LogP contribution < -0.4 is 0 Å². The molecule has 106 valence electrons. The number of rotatable bonds is 3. The van der Waals surface area contributed by atoms with E-state index in [2.05, 4.69) is 15.0 Å². The van der Waals surface area contributed by atoms with Gasteiger partial charge in [0.15, 0.2) is 5.16 Å². The van der Waals surface area contributed by atoms with Crippen LogP contribution in [0.4, 0.5) is 0 Å². The van der Waals surface area contributed by atoms with Crippen molar-refractivity contribution in [2.45, 2.75) is 12.1 Å². The number of aromatic nitrogens is 3. The zero-order chi connectivity index (χ0) is 14.8. The van der Waals surface area contributed by atoms with E-state index in [1.54, 1.807) is 17.5 Å². The van der Waals surface area contributed by atoms with Crippen molar-refractivity contribution in [1.29, 1.82) is 0 Å². The molecule has 2 heterocycles. The topological polar surface area (TPSA) is 38.7 Å². The van der Waals surface area contributed by atoms with Crippen molar-refractivity contribution in [1.82, 2.24) is 15.0 Å². The molecule has 0 spiro atoms. The Morgan fingerprint density at radius 1 is 1.10 bits per heavy atom. The lowest BCUT2D eigenvalue weighted by molar-refractivity contribution is 0.976. The van der Waals surface area contributed by atoms with Crippen molar-refractivity contribution in [3.63, 3.8) is 0 Å². The molecule has 0 bridgehead atoms. The molecule has 21 heavy (non-hydrogen) atoms. The van der Waals surface area contributed by atoms with Crippen LogP contribution in [-0.4, -0.2) is 21.2 Å². The van der Waals surface area contributed by atoms with E-state index in [0.717, 1.165) is 37.0 Å². The first-order chi connectivity index (χ1) is 10.2. The summed E-state index contributed by atoms with van der Waals surface area (Å²) < 4.78 is 0. The lowest BCUT2D eigenvalue weighted by atomic mass is 10.2. The molecule has 0 aliphatic heterocycles. The number of benzene rings is 1. The van der Waals surface area contributed by atoms with Crippen LogP contribution in [0.25, 0.3) is 21.1 Å². The van der Waals surface area contributed by atoms with E-state index in [9.17, 15) is 0 Å². The van der Waals surface area contributed by atoms with Crippen molar-refractivity contribution in [3.8, 4) is 21.1 Å². The summed E-state index contributed by atoms with van der Waals surface area (Å²) in [4.78, 5) is 14.5. The Labute approximate surface area is 136 Å². The molecular weight excluding hydrogens is 322 g/mol. The number of thioether (sulfide) groups is 1. The highest BCUT2D eigenvalue weighted by atomic mass is 35.5. The summed E-state index contributed by atoms with van der Waals surface area (Å²) in [6.07, 6.45) is 3.76. The van der Waals surface area contributed by atoms with Gasteiger partial charge in [0.25, 0.3) is 0 Å². The van der Waals surface area contributed by atoms with Crippen LogP contribution in [-0.2, 0) is 0 Å². The van der Waals surface area contributed by atoms with E-state index in [-0.39, 0.29) is 0 Å². The average molecular weight is 334 g/mol. The molecule has 0 radical (unpaired) electrons. The lowest BCUT2D eigenvalue weighted by Gasteiger charge is -1.99. The predicted octanol–water partition coefficient (Wildman–Crippen LogP) is 4.95. The van der Waals surface area contributed by atoms with Crippen LogP contribution in [0.1, 0.15) is 5.69 Å². The van der Waals surface area contributed by atoms with Crippen molar-refractivity contribution in [3.05, 3.63) is 47.2 Å². The molecule has 2 aromatic heterocycles. The largest absolute Gasteiger partial charge is 0.241 e. The van der Waals surface area contributed by atoms with Crippen molar-refractivity contribution in [2.75, 3.05) is 6.26 Å². The minimum atomic E-state index is 0.729. The molecular formula is C15H12ClN3S2. The first-order valence-corrected chi connectivity index (χ1v) is 8.70. The maximum Gasteiger partial charge on any atom is 0.187 e. The summed E-state index contributed by atoms with van der Waals surface area (Å²) >= 11 is 9.10. The van der Waals surface area contributed by atoms with Gasteiger partial charge in [0.05, 0.1) is 16.3 Å². The lowest BCUT2D eigenvalue weighted by Crippen LogP contribution is -1.88. The van der Waals surface area contributed by atoms with Gasteiger partial charge in [0.1, 0.15) is 5.01 Å². The van der Waals surface area contributed by atoms with Crippen molar-refractivity contribution in [2.24, 2.45) is 0 Å². The summed E-state index contributed by atoms with van der Waals surface area (Å²) in [7, 11) is 0. The van der Waals surface area contributed by atoms with Crippen molar-refractivity contribution < 1.29 is 0 Å². The molecule has 0 atom stereocenters. The Kier molecular flexibility index (Phi) is 4.24. The molecule has 0 saturated heterocycles. The number of nitrogens with zero attached hydrogens (tertiary/aromatic N) is 3. The third-order valence-electron chi connectivity index (χ3n) is 2.94. The fourth-order valence-corrected chi connectivity index (χ4v) is 3.44. The second kappa shape index (κ2) is 6.13. The van der Waals surface area contributed by atoms with E-state index in [0.29, 0.717) is 0 Å². The van der Waals surface area contributed by atoms with Crippen LogP contribution in [0.5, 0.6) is 0 Å². The summed E-state index contributed by atoms with van der Waals surface area (Å²) in [5.41, 5.74) is 2.97. The first kappa shape index (κ1) is 14.5. The number of hydrogen-bond acceptors (Lipinski definition) is 5. The van der Waals surface area contributed by atoms with E-state index in [1.807, 2.05) is 43.5 Å². The highest BCUT2D eigenvalue weighted by molar-refractivity contribution is 7.98. The van der Waals surface area contributed by atoms with Gasteiger partial charge in [0, 0.05) is 16.8 Å². The van der Waals surface area contributed by atoms with Gasteiger partial charge in [-0.05, 0) is 31.4 Å². The van der Waals surface area contributed by atoms with Gasteiger partial charge in [0.2, 0.25) is 0 Å². The van der Waals surface area contributed by atoms with E-state index in [4.69, 9.17) is 11.6 Å². The Morgan fingerprint density at radius 3 is 2.57 bits per heavy atom. The Bertz CT molecular complexity index is 769. The van der Waals surface area contributed by atoms with Crippen LogP contribution >= 0.6 is 34.7 Å². The minimum Gasteiger partial charge on any atom is -0.241 e. The number of aryl methyl sites for hydroxylation is 1. The van der Waals surface area contributed by atoms with Crippen LogP contribution in [0, 0.1) is 6.92 Å². The van der Waals surface area contributed by atoms with Gasteiger partial charge in [-0.3, -0.25) is 0 Å². The van der Waals surface area contributed by atoms with E-state index in [1.165, 1.54) is 11.8 Å². The Balaban J connectivity index is 2.03. The smallest absolute Gasteiger partial charge is 0.187 e. The maximum absolute atomic E-state index is 5.93. The molecule has 0 fully saturated rings. The molecule has 6 heteroatoms. The second-order valence-electron chi connectivity index (χ2n) is 4.37. The van der Waals surface area contributed by atoms with Gasteiger partial charge in [-0.2, -0.15) is 0 Å². The monoisotopic (exact) mass is 333 g/mol. The minimum absolute atomic E-state index is 0.729. The molecule has 0 unspecified atom stereocenters. The maximum atomic E-state index is 5.93. The SMILES string of the molecule is CSc1nccc(-c2sc(-c3ccc(Cl)cc3)nc2C)n1. The Morgan fingerprint density at radius 2 is 1.86 bits per heavy atom. The second-order valence-corrected chi connectivity index (χ2v) is 6.58. The van der Waals surface area contributed by atoms with E-state index >= 15 is 0 Å². The molecule has 3 aromatic rings. The zero-order valence-electron chi connectivity index (χ0n) is 11.5. The fraction of sp³-hybridized carbons (Fsp3) is 0.133. The molecule has 0 aliphatic carbocycles. The molecule has 3 nitrogen and oxygen atoms in total. The molecule has 1 aromatic carbocycles. The quantitative estimate of drug-likeness (QED) is 0.502. The first-order valence-electron chi connectivity index (χ1n) is 6.28. The van der Waals surface area contributed by atoms with E-state index < -0.39 is 0 Å². The van der Waals surface area contributed by atoms with Gasteiger partial charge < -0.3 is 0 Å². The third-order valence-corrected chi connectivity index (χ3v) is 4.98. The number of hydrogen-bond donors (Lipinski definition) is 0. The third kappa shape index (κ3) is 3.10.